The molecule has 1 N–H and O–H groups in total. The van der Waals surface area contributed by atoms with E-state index in [1.165, 1.54) is 5.56 Å². The van der Waals surface area contributed by atoms with Gasteiger partial charge in [-0.05, 0) is 55.1 Å². The molecule has 0 aliphatic carbocycles. The third-order valence-corrected chi connectivity index (χ3v) is 5.44. The topological polar surface area (TPSA) is 50.2 Å². The van der Waals surface area contributed by atoms with Crippen LogP contribution < -0.4 is 5.32 Å². The van der Waals surface area contributed by atoms with Gasteiger partial charge in [0.25, 0.3) is 0 Å². The number of aromatic nitrogens is 2. The molecule has 1 aliphatic heterocycles. The Morgan fingerprint density at radius 3 is 3.09 bits per heavy atom. The molecule has 3 atom stereocenters. The van der Waals surface area contributed by atoms with Crippen molar-refractivity contribution in [1.29, 1.82) is 0 Å². The van der Waals surface area contributed by atoms with E-state index in [1.54, 1.807) is 17.5 Å². The first-order valence-electron chi connectivity index (χ1n) is 8.21. The van der Waals surface area contributed by atoms with Gasteiger partial charge in [-0.2, -0.15) is 16.4 Å². The molecule has 0 radical (unpaired) electrons. The number of nitrogens with one attached hydrogen (secondary N) is 1. The van der Waals surface area contributed by atoms with E-state index < -0.39 is 0 Å². The molecular weight excluding hydrogens is 308 g/mol. The molecule has 1 saturated heterocycles. The Morgan fingerprint density at radius 2 is 2.39 bits per heavy atom. The Hall–Kier alpha value is -1.66. The second kappa shape index (κ2) is 7.27. The van der Waals surface area contributed by atoms with Gasteiger partial charge in [-0.25, -0.2) is 0 Å². The second-order valence-electron chi connectivity index (χ2n) is 6.20. The number of hydrogen-bond acceptors (Lipinski definition) is 4. The lowest BCUT2D eigenvalue weighted by Gasteiger charge is -2.27. The highest BCUT2D eigenvalue weighted by molar-refractivity contribution is 7.07. The van der Waals surface area contributed by atoms with Crippen LogP contribution in [-0.2, 0) is 4.79 Å². The number of thiophene rings is 1. The van der Waals surface area contributed by atoms with Crippen molar-refractivity contribution in [2.45, 2.75) is 44.8 Å². The highest BCUT2D eigenvalue weighted by Gasteiger charge is 2.30. The van der Waals surface area contributed by atoms with E-state index in [4.69, 9.17) is 0 Å². The Balaban J connectivity index is 1.54. The number of likely N-dealkylation sites (tertiary alicyclic amines) is 1. The lowest BCUT2D eigenvalue weighted by molar-refractivity contribution is -0.131. The molecule has 1 amide bonds. The summed E-state index contributed by atoms with van der Waals surface area (Å²) in [6.07, 6.45) is 5.90. The van der Waals surface area contributed by atoms with Gasteiger partial charge < -0.3 is 10.2 Å². The maximum absolute atomic E-state index is 12.6. The van der Waals surface area contributed by atoms with Crippen LogP contribution in [0.3, 0.4) is 0 Å². The Labute approximate surface area is 141 Å². The van der Waals surface area contributed by atoms with E-state index in [9.17, 15) is 4.79 Å². The quantitative estimate of drug-likeness (QED) is 0.885. The maximum atomic E-state index is 12.6. The van der Waals surface area contributed by atoms with Crippen LogP contribution in [0.5, 0.6) is 0 Å². The smallest absolute Gasteiger partial charge is 0.237 e. The molecule has 0 spiro atoms. The van der Waals surface area contributed by atoms with E-state index in [2.05, 4.69) is 41.1 Å². The lowest BCUT2D eigenvalue weighted by Crippen LogP contribution is -2.43. The SMILES string of the molecule is C[C@H](NCC(=O)N1CCC[C@@H]1c1ccsc1)[C@@H](C)n1cccn1. The number of nitrogens with zero attached hydrogens (tertiary/aromatic N) is 3. The zero-order valence-electron chi connectivity index (χ0n) is 13.7. The van der Waals surface area contributed by atoms with Crippen LogP contribution >= 0.6 is 11.3 Å². The highest BCUT2D eigenvalue weighted by Crippen LogP contribution is 2.32. The van der Waals surface area contributed by atoms with Gasteiger partial charge in [-0.1, -0.05) is 0 Å². The number of carbonyl (C=O) groups excluding carboxylic acids is 1. The summed E-state index contributed by atoms with van der Waals surface area (Å²) in [5.74, 6) is 0.193. The summed E-state index contributed by atoms with van der Waals surface area (Å²) in [5.41, 5.74) is 1.28. The van der Waals surface area contributed by atoms with Crippen molar-refractivity contribution < 1.29 is 4.79 Å². The van der Waals surface area contributed by atoms with Gasteiger partial charge >= 0.3 is 0 Å². The molecule has 124 valence electrons. The second-order valence-corrected chi connectivity index (χ2v) is 6.98. The predicted molar refractivity (Wildman–Crippen MR) is 92.4 cm³/mol. The number of amides is 1. The molecule has 0 saturated carbocycles. The van der Waals surface area contributed by atoms with E-state index in [0.29, 0.717) is 6.54 Å². The first kappa shape index (κ1) is 16.2. The summed E-state index contributed by atoms with van der Waals surface area (Å²) in [6.45, 7) is 5.46. The largest absolute Gasteiger partial charge is 0.335 e. The average molecular weight is 332 g/mol. The molecule has 1 aliphatic rings. The van der Waals surface area contributed by atoms with Gasteiger partial charge in [0.2, 0.25) is 5.91 Å². The molecule has 0 aromatic carbocycles. The summed E-state index contributed by atoms with van der Waals surface area (Å²) in [4.78, 5) is 14.6. The van der Waals surface area contributed by atoms with Crippen molar-refractivity contribution in [1.82, 2.24) is 20.0 Å². The molecule has 0 bridgehead atoms. The zero-order valence-corrected chi connectivity index (χ0v) is 14.5. The van der Waals surface area contributed by atoms with Gasteiger partial charge in [0.05, 0.1) is 18.6 Å². The Bertz CT molecular complexity index is 611. The van der Waals surface area contributed by atoms with Crippen molar-refractivity contribution in [2.24, 2.45) is 0 Å². The van der Waals surface area contributed by atoms with Crippen LogP contribution in [-0.4, -0.2) is 39.7 Å². The van der Waals surface area contributed by atoms with E-state index in [1.807, 2.05) is 21.8 Å². The average Bonchev–Trinajstić information content (AvgIpc) is 3.32. The van der Waals surface area contributed by atoms with E-state index in [0.717, 1.165) is 19.4 Å². The molecule has 2 aromatic rings. The Kier molecular flexibility index (Phi) is 5.13. The van der Waals surface area contributed by atoms with Crippen LogP contribution in [0.1, 0.15) is 44.3 Å². The first-order valence-corrected chi connectivity index (χ1v) is 9.15. The summed E-state index contributed by atoms with van der Waals surface area (Å²) >= 11 is 1.70. The van der Waals surface area contributed by atoms with Crippen molar-refractivity contribution in [2.75, 3.05) is 13.1 Å². The zero-order chi connectivity index (χ0) is 16.2. The molecule has 1 fully saturated rings. The molecule has 3 heterocycles. The van der Waals surface area contributed by atoms with Crippen LogP contribution in [0.4, 0.5) is 0 Å². The van der Waals surface area contributed by atoms with Crippen LogP contribution in [0.2, 0.25) is 0 Å². The standard InChI is InChI=1S/C17H24N4OS/c1-13(14(2)21-9-4-7-19-21)18-11-17(22)20-8-3-5-16(20)15-6-10-23-12-15/h4,6-7,9-10,12-14,16,18H,3,5,8,11H2,1-2H3/t13-,14+,16+/m0/s1. The number of carbonyl (C=O) groups is 1. The minimum absolute atomic E-state index is 0.182. The molecule has 3 rings (SSSR count). The minimum atomic E-state index is 0.182. The van der Waals surface area contributed by atoms with Crippen LogP contribution in [0.15, 0.2) is 35.3 Å². The van der Waals surface area contributed by atoms with Gasteiger partial charge in [0.1, 0.15) is 0 Å². The summed E-state index contributed by atoms with van der Waals surface area (Å²) in [6, 6.07) is 4.71. The maximum Gasteiger partial charge on any atom is 0.237 e. The van der Waals surface area contributed by atoms with Gasteiger partial charge in [-0.3, -0.25) is 9.48 Å². The molecule has 5 nitrogen and oxygen atoms in total. The van der Waals surface area contributed by atoms with Crippen molar-refractivity contribution >= 4 is 17.2 Å². The fourth-order valence-electron chi connectivity index (χ4n) is 3.15. The van der Waals surface area contributed by atoms with Crippen LogP contribution in [0, 0.1) is 0 Å². The number of hydrogen-bond donors (Lipinski definition) is 1. The minimum Gasteiger partial charge on any atom is -0.335 e. The third-order valence-electron chi connectivity index (χ3n) is 4.74. The number of rotatable bonds is 6. The van der Waals surface area contributed by atoms with Gasteiger partial charge in [0.15, 0.2) is 0 Å². The van der Waals surface area contributed by atoms with Gasteiger partial charge in [0, 0.05) is 25.0 Å². The molecule has 0 unspecified atom stereocenters. The van der Waals surface area contributed by atoms with Crippen LogP contribution in [0.25, 0.3) is 0 Å². The summed E-state index contributed by atoms with van der Waals surface area (Å²) in [5, 5.41) is 11.9. The van der Waals surface area contributed by atoms with E-state index in [-0.39, 0.29) is 24.0 Å². The fourth-order valence-corrected chi connectivity index (χ4v) is 3.85. The molecule has 2 aromatic heterocycles. The Morgan fingerprint density at radius 1 is 1.52 bits per heavy atom. The summed E-state index contributed by atoms with van der Waals surface area (Å²) in [7, 11) is 0. The molecular formula is C17H24N4OS. The van der Waals surface area contributed by atoms with Gasteiger partial charge in [-0.15, -0.1) is 0 Å². The molecule has 6 heteroatoms. The highest BCUT2D eigenvalue weighted by atomic mass is 32.1. The van der Waals surface area contributed by atoms with Crippen molar-refractivity contribution in [3.63, 3.8) is 0 Å². The molecule has 23 heavy (non-hydrogen) atoms. The lowest BCUT2D eigenvalue weighted by atomic mass is 10.1. The predicted octanol–water partition coefficient (Wildman–Crippen LogP) is 2.85. The first-order chi connectivity index (χ1) is 11.2. The normalized spacial score (nSPS) is 20.6. The summed E-state index contributed by atoms with van der Waals surface area (Å²) < 4.78 is 1.92. The monoisotopic (exact) mass is 332 g/mol. The van der Waals surface area contributed by atoms with Crippen molar-refractivity contribution in [3.05, 3.63) is 40.8 Å². The third kappa shape index (κ3) is 3.64. The van der Waals surface area contributed by atoms with E-state index >= 15 is 0 Å². The van der Waals surface area contributed by atoms with Crippen molar-refractivity contribution in [3.8, 4) is 0 Å². The fraction of sp³-hybridized carbons (Fsp3) is 0.529.